The molecule has 0 saturated heterocycles. The van der Waals surface area contributed by atoms with E-state index in [1.807, 2.05) is 22.7 Å². The fourth-order valence-corrected chi connectivity index (χ4v) is 6.70. The SMILES string of the molecule is c1cc2cc3c(cc2s1)CC[C@H]3[C@H]1CCc2cc3sccc3cc21. The molecule has 0 bridgehead atoms. The Balaban J connectivity index is 1.48. The van der Waals surface area contributed by atoms with Crippen molar-refractivity contribution in [2.24, 2.45) is 0 Å². The Bertz CT molecular complexity index is 994. The van der Waals surface area contributed by atoms with Crippen molar-refractivity contribution in [1.29, 1.82) is 0 Å². The third-order valence-electron chi connectivity index (χ3n) is 6.16. The second-order valence-corrected chi connectivity index (χ2v) is 9.20. The first-order valence-corrected chi connectivity index (χ1v) is 10.6. The van der Waals surface area contributed by atoms with Gasteiger partial charge >= 0.3 is 0 Å². The number of thiophene rings is 2. The third-order valence-corrected chi connectivity index (χ3v) is 7.92. The van der Waals surface area contributed by atoms with E-state index in [-0.39, 0.29) is 0 Å². The van der Waals surface area contributed by atoms with Gasteiger partial charge in [-0.15, -0.1) is 22.7 Å². The predicted octanol–water partition coefficient (Wildman–Crippen LogP) is 6.88. The molecule has 2 aromatic heterocycles. The lowest BCUT2D eigenvalue weighted by atomic mass is 9.83. The highest BCUT2D eigenvalue weighted by atomic mass is 32.1. The Morgan fingerprint density at radius 3 is 1.67 bits per heavy atom. The number of benzene rings is 2. The van der Waals surface area contributed by atoms with Gasteiger partial charge < -0.3 is 0 Å². The van der Waals surface area contributed by atoms with Crippen molar-refractivity contribution in [3.05, 3.63) is 69.4 Å². The van der Waals surface area contributed by atoms with Crippen molar-refractivity contribution < 1.29 is 0 Å². The normalized spacial score (nSPS) is 22.3. The molecule has 2 heteroatoms. The molecule has 2 aliphatic rings. The smallest absolute Gasteiger partial charge is 0.0345 e. The maximum absolute atomic E-state index is 2.50. The molecule has 0 saturated carbocycles. The molecular weight excluding hydrogens is 328 g/mol. The van der Waals surface area contributed by atoms with Crippen LogP contribution in [0.4, 0.5) is 0 Å². The maximum atomic E-state index is 2.50. The number of aryl methyl sites for hydroxylation is 2. The fourth-order valence-electron chi connectivity index (χ4n) is 5.03. The first-order chi connectivity index (χ1) is 11.9. The minimum atomic E-state index is 0.724. The van der Waals surface area contributed by atoms with Gasteiger partial charge in [0.1, 0.15) is 0 Å². The maximum Gasteiger partial charge on any atom is 0.0345 e. The van der Waals surface area contributed by atoms with Crippen LogP contribution in [0.5, 0.6) is 0 Å². The lowest BCUT2D eigenvalue weighted by molar-refractivity contribution is 0.531. The van der Waals surface area contributed by atoms with Gasteiger partial charge in [0.15, 0.2) is 0 Å². The largest absolute Gasteiger partial charge is 0.144 e. The standard InChI is InChI=1S/C22H18S2/c1-3-17(19-9-15-5-7-23-21(15)11-13(1)19)18-4-2-14-12-22-16(6-8-24-22)10-20(14)18/h5-12,17-18H,1-4H2/t17-,18+. The van der Waals surface area contributed by atoms with Gasteiger partial charge in [0, 0.05) is 9.40 Å². The van der Waals surface area contributed by atoms with Gasteiger partial charge in [-0.3, -0.25) is 0 Å². The van der Waals surface area contributed by atoms with E-state index in [1.54, 1.807) is 22.3 Å². The topological polar surface area (TPSA) is 0 Å². The van der Waals surface area contributed by atoms with Crippen molar-refractivity contribution in [3.8, 4) is 0 Å². The van der Waals surface area contributed by atoms with E-state index >= 15 is 0 Å². The lowest BCUT2D eigenvalue weighted by Gasteiger charge is -2.21. The molecule has 24 heavy (non-hydrogen) atoms. The summed E-state index contributed by atoms with van der Waals surface area (Å²) < 4.78 is 2.92. The summed E-state index contributed by atoms with van der Waals surface area (Å²) >= 11 is 3.76. The van der Waals surface area contributed by atoms with Crippen LogP contribution in [0.1, 0.15) is 46.9 Å². The van der Waals surface area contributed by atoms with Crippen molar-refractivity contribution in [2.75, 3.05) is 0 Å². The molecule has 2 atom stereocenters. The van der Waals surface area contributed by atoms with Gasteiger partial charge in [0.25, 0.3) is 0 Å². The first-order valence-electron chi connectivity index (χ1n) is 8.87. The summed E-state index contributed by atoms with van der Waals surface area (Å²) in [4.78, 5) is 0. The molecule has 0 amide bonds. The van der Waals surface area contributed by atoms with Crippen LogP contribution < -0.4 is 0 Å². The molecule has 4 aromatic rings. The minimum absolute atomic E-state index is 0.724. The number of hydrogen-bond donors (Lipinski definition) is 0. The van der Waals surface area contributed by atoms with Crippen LogP contribution in [0.15, 0.2) is 47.2 Å². The van der Waals surface area contributed by atoms with Gasteiger partial charge in [0.2, 0.25) is 0 Å². The van der Waals surface area contributed by atoms with E-state index in [1.165, 1.54) is 45.9 Å². The molecule has 2 heterocycles. The van der Waals surface area contributed by atoms with Crippen molar-refractivity contribution in [2.45, 2.75) is 37.5 Å². The number of hydrogen-bond acceptors (Lipinski definition) is 2. The quantitative estimate of drug-likeness (QED) is 0.352. The molecule has 0 spiro atoms. The van der Waals surface area contributed by atoms with E-state index < -0.39 is 0 Å². The summed E-state index contributed by atoms with van der Waals surface area (Å²) in [6, 6.07) is 14.5. The first kappa shape index (κ1) is 13.6. The Hall–Kier alpha value is -1.64. The zero-order valence-corrected chi connectivity index (χ0v) is 15.1. The van der Waals surface area contributed by atoms with Gasteiger partial charge in [-0.25, -0.2) is 0 Å². The second-order valence-electron chi connectivity index (χ2n) is 7.31. The molecule has 0 aliphatic heterocycles. The highest BCUT2D eigenvalue weighted by molar-refractivity contribution is 7.17. The molecule has 0 fully saturated rings. The Labute approximate surface area is 149 Å². The van der Waals surface area contributed by atoms with Crippen LogP contribution in [-0.2, 0) is 12.8 Å². The van der Waals surface area contributed by atoms with Crippen LogP contribution in [0.2, 0.25) is 0 Å². The number of rotatable bonds is 1. The zero-order chi connectivity index (χ0) is 15.7. The summed E-state index contributed by atoms with van der Waals surface area (Å²) in [5.41, 5.74) is 6.51. The molecule has 2 aromatic carbocycles. The molecule has 0 N–H and O–H groups in total. The van der Waals surface area contributed by atoms with Crippen LogP contribution in [0.25, 0.3) is 20.2 Å². The van der Waals surface area contributed by atoms with Crippen LogP contribution in [-0.4, -0.2) is 0 Å². The van der Waals surface area contributed by atoms with Gasteiger partial charge in [0.05, 0.1) is 0 Å². The third kappa shape index (κ3) is 1.84. The summed E-state index contributed by atoms with van der Waals surface area (Å²) in [6.07, 6.45) is 5.19. The zero-order valence-electron chi connectivity index (χ0n) is 13.4. The van der Waals surface area contributed by atoms with E-state index in [0.717, 1.165) is 11.8 Å². The van der Waals surface area contributed by atoms with Gasteiger partial charge in [-0.05, 0) is 118 Å². The van der Waals surface area contributed by atoms with Crippen LogP contribution >= 0.6 is 22.7 Å². The molecule has 6 rings (SSSR count). The average Bonchev–Trinajstić information content (AvgIpc) is 3.35. The second kappa shape index (κ2) is 4.93. The molecule has 2 aliphatic carbocycles. The minimum Gasteiger partial charge on any atom is -0.144 e. The Kier molecular flexibility index (Phi) is 2.80. The highest BCUT2D eigenvalue weighted by Crippen LogP contribution is 2.50. The van der Waals surface area contributed by atoms with E-state index in [0.29, 0.717) is 0 Å². The molecule has 0 nitrogen and oxygen atoms in total. The van der Waals surface area contributed by atoms with E-state index in [9.17, 15) is 0 Å². The summed E-state index contributed by atoms with van der Waals surface area (Å²) in [7, 11) is 0. The lowest BCUT2D eigenvalue weighted by Crippen LogP contribution is -2.05. The van der Waals surface area contributed by atoms with Crippen molar-refractivity contribution in [3.63, 3.8) is 0 Å². The molecule has 118 valence electrons. The Morgan fingerprint density at radius 1 is 0.667 bits per heavy atom. The highest BCUT2D eigenvalue weighted by Gasteiger charge is 2.35. The summed E-state index contributed by atoms with van der Waals surface area (Å²) in [5.74, 6) is 1.45. The summed E-state index contributed by atoms with van der Waals surface area (Å²) in [6.45, 7) is 0. The van der Waals surface area contributed by atoms with Crippen molar-refractivity contribution >= 4 is 42.8 Å². The van der Waals surface area contributed by atoms with Gasteiger partial charge in [-0.2, -0.15) is 0 Å². The van der Waals surface area contributed by atoms with Crippen LogP contribution in [0.3, 0.4) is 0 Å². The molecule has 0 unspecified atom stereocenters. The molecule has 0 radical (unpaired) electrons. The fraction of sp³-hybridized carbons (Fsp3) is 0.273. The van der Waals surface area contributed by atoms with E-state index in [2.05, 4.69) is 47.2 Å². The number of fused-ring (bicyclic) bond motifs is 4. The van der Waals surface area contributed by atoms with E-state index in [4.69, 9.17) is 0 Å². The monoisotopic (exact) mass is 346 g/mol. The Morgan fingerprint density at radius 2 is 1.17 bits per heavy atom. The molecular formula is C22H18S2. The summed E-state index contributed by atoms with van der Waals surface area (Å²) in [5, 5.41) is 7.34. The average molecular weight is 347 g/mol. The predicted molar refractivity (Wildman–Crippen MR) is 106 cm³/mol. The van der Waals surface area contributed by atoms with Crippen molar-refractivity contribution in [1.82, 2.24) is 0 Å². The van der Waals surface area contributed by atoms with Crippen LogP contribution in [0, 0.1) is 0 Å². The van der Waals surface area contributed by atoms with Gasteiger partial charge in [-0.1, -0.05) is 0 Å².